The number of allylic oxidation sites excluding steroid dienone is 1. The van der Waals surface area contributed by atoms with Gasteiger partial charge in [-0.3, -0.25) is 10.1 Å². The predicted octanol–water partition coefficient (Wildman–Crippen LogP) is 2.02. The van der Waals surface area contributed by atoms with Crippen molar-refractivity contribution >= 4 is 11.9 Å². The summed E-state index contributed by atoms with van der Waals surface area (Å²) in [5.74, 6) is -0.295. The van der Waals surface area contributed by atoms with Crippen LogP contribution in [0.4, 0.5) is 4.79 Å². The Morgan fingerprint density at radius 3 is 2.50 bits per heavy atom. The highest BCUT2D eigenvalue weighted by atomic mass is 16.5. The van der Waals surface area contributed by atoms with Gasteiger partial charge < -0.3 is 4.74 Å². The van der Waals surface area contributed by atoms with Crippen LogP contribution in [0.2, 0.25) is 0 Å². The standard InChI is InChI=1S/C12H13NO3/c1-9(10(2)14)13-12(15)16-8-11-6-4-3-5-7-11/h3-7H,1,8H2,2H3,(H,13,15). The Hall–Kier alpha value is -2.10. The first-order valence-electron chi connectivity index (χ1n) is 4.77. The summed E-state index contributed by atoms with van der Waals surface area (Å²) >= 11 is 0. The van der Waals surface area contributed by atoms with Crippen LogP contribution in [-0.4, -0.2) is 11.9 Å². The Morgan fingerprint density at radius 1 is 1.31 bits per heavy atom. The van der Waals surface area contributed by atoms with Crippen molar-refractivity contribution in [1.29, 1.82) is 0 Å². The van der Waals surface area contributed by atoms with E-state index in [1.54, 1.807) is 0 Å². The number of nitrogens with one attached hydrogen (secondary N) is 1. The minimum atomic E-state index is -0.677. The van der Waals surface area contributed by atoms with E-state index in [0.29, 0.717) is 0 Å². The van der Waals surface area contributed by atoms with Gasteiger partial charge in [0, 0.05) is 6.92 Å². The fourth-order valence-electron chi connectivity index (χ4n) is 0.970. The molecule has 0 saturated carbocycles. The molecule has 0 fully saturated rings. The molecule has 1 N–H and O–H groups in total. The molecule has 0 aromatic heterocycles. The summed E-state index contributed by atoms with van der Waals surface area (Å²) in [4.78, 5) is 22.0. The highest BCUT2D eigenvalue weighted by molar-refractivity contribution is 5.95. The van der Waals surface area contributed by atoms with E-state index in [1.807, 2.05) is 30.3 Å². The van der Waals surface area contributed by atoms with Crippen molar-refractivity contribution in [2.75, 3.05) is 0 Å². The number of hydrogen-bond acceptors (Lipinski definition) is 3. The summed E-state index contributed by atoms with van der Waals surface area (Å²) < 4.78 is 4.89. The van der Waals surface area contributed by atoms with Crippen LogP contribution in [0.3, 0.4) is 0 Å². The van der Waals surface area contributed by atoms with E-state index in [4.69, 9.17) is 4.74 Å². The number of hydrogen-bond donors (Lipinski definition) is 1. The first-order valence-corrected chi connectivity index (χ1v) is 4.77. The molecule has 0 aliphatic rings. The van der Waals surface area contributed by atoms with E-state index < -0.39 is 6.09 Å². The summed E-state index contributed by atoms with van der Waals surface area (Å²) in [6.07, 6.45) is -0.677. The molecule has 0 atom stereocenters. The van der Waals surface area contributed by atoms with Crippen molar-refractivity contribution in [1.82, 2.24) is 5.32 Å². The van der Waals surface area contributed by atoms with Crippen LogP contribution in [0.5, 0.6) is 0 Å². The van der Waals surface area contributed by atoms with Gasteiger partial charge in [0.05, 0.1) is 5.70 Å². The normalized spacial score (nSPS) is 9.31. The molecular formula is C12H13NO3. The van der Waals surface area contributed by atoms with Gasteiger partial charge in [0.25, 0.3) is 0 Å². The summed E-state index contributed by atoms with van der Waals surface area (Å²) in [6, 6.07) is 9.26. The molecule has 1 rings (SSSR count). The molecule has 1 aromatic carbocycles. The molecule has 84 valence electrons. The molecule has 0 aliphatic heterocycles. The minimum absolute atomic E-state index is 0.0260. The third-order valence-electron chi connectivity index (χ3n) is 1.89. The number of alkyl carbamates (subject to hydrolysis) is 1. The van der Waals surface area contributed by atoms with E-state index in [0.717, 1.165) is 5.56 Å². The fraction of sp³-hybridized carbons (Fsp3) is 0.167. The van der Waals surface area contributed by atoms with Crippen LogP contribution >= 0.6 is 0 Å². The molecule has 0 spiro atoms. The average Bonchev–Trinajstić information content (AvgIpc) is 2.27. The van der Waals surface area contributed by atoms with Gasteiger partial charge in [-0.25, -0.2) is 4.79 Å². The number of carbonyl (C=O) groups excluding carboxylic acids is 2. The highest BCUT2D eigenvalue weighted by Crippen LogP contribution is 2.00. The first kappa shape index (κ1) is 12.0. The van der Waals surface area contributed by atoms with Crippen molar-refractivity contribution in [3.63, 3.8) is 0 Å². The zero-order valence-corrected chi connectivity index (χ0v) is 9.03. The molecule has 16 heavy (non-hydrogen) atoms. The maximum Gasteiger partial charge on any atom is 0.412 e. The molecule has 4 nitrogen and oxygen atoms in total. The molecular weight excluding hydrogens is 206 g/mol. The minimum Gasteiger partial charge on any atom is -0.444 e. The van der Waals surface area contributed by atoms with Crippen molar-refractivity contribution in [3.05, 3.63) is 48.2 Å². The van der Waals surface area contributed by atoms with Crippen molar-refractivity contribution in [2.45, 2.75) is 13.5 Å². The van der Waals surface area contributed by atoms with Crippen LogP contribution in [0.1, 0.15) is 12.5 Å². The van der Waals surface area contributed by atoms with Gasteiger partial charge in [-0.15, -0.1) is 0 Å². The van der Waals surface area contributed by atoms with Gasteiger partial charge in [-0.1, -0.05) is 36.9 Å². The highest BCUT2D eigenvalue weighted by Gasteiger charge is 2.06. The second-order valence-electron chi connectivity index (χ2n) is 3.22. The second kappa shape index (κ2) is 5.70. The van der Waals surface area contributed by atoms with Crippen LogP contribution < -0.4 is 5.32 Å². The Morgan fingerprint density at radius 2 is 1.94 bits per heavy atom. The number of benzene rings is 1. The van der Waals surface area contributed by atoms with Crippen molar-refractivity contribution < 1.29 is 14.3 Å². The van der Waals surface area contributed by atoms with Gasteiger partial charge in [-0.05, 0) is 5.56 Å². The number of amides is 1. The fourth-order valence-corrected chi connectivity index (χ4v) is 0.970. The molecule has 0 heterocycles. The molecule has 1 amide bonds. The summed E-state index contributed by atoms with van der Waals surface area (Å²) in [5, 5.41) is 2.24. The summed E-state index contributed by atoms with van der Waals surface area (Å²) in [7, 11) is 0. The van der Waals surface area contributed by atoms with Crippen LogP contribution in [0.25, 0.3) is 0 Å². The zero-order chi connectivity index (χ0) is 12.0. The Labute approximate surface area is 93.9 Å². The number of carbonyl (C=O) groups is 2. The number of rotatable bonds is 4. The monoisotopic (exact) mass is 219 g/mol. The molecule has 0 radical (unpaired) electrons. The largest absolute Gasteiger partial charge is 0.444 e. The van der Waals surface area contributed by atoms with E-state index in [2.05, 4.69) is 11.9 Å². The van der Waals surface area contributed by atoms with E-state index in [1.165, 1.54) is 6.92 Å². The lowest BCUT2D eigenvalue weighted by atomic mass is 10.2. The number of Topliss-reactive ketones (excluding diaryl/α,β-unsaturated/α-hetero) is 1. The van der Waals surface area contributed by atoms with E-state index >= 15 is 0 Å². The van der Waals surface area contributed by atoms with Gasteiger partial charge in [0.1, 0.15) is 6.61 Å². The zero-order valence-electron chi connectivity index (χ0n) is 9.03. The molecule has 0 aliphatic carbocycles. The smallest absolute Gasteiger partial charge is 0.412 e. The van der Waals surface area contributed by atoms with Gasteiger partial charge in [0.15, 0.2) is 5.78 Å². The lowest BCUT2D eigenvalue weighted by Gasteiger charge is -2.06. The quantitative estimate of drug-likeness (QED) is 0.788. The summed E-state index contributed by atoms with van der Waals surface area (Å²) in [5.41, 5.74) is 0.907. The lowest BCUT2D eigenvalue weighted by Crippen LogP contribution is -2.26. The number of ketones is 1. The Kier molecular flexibility index (Phi) is 4.27. The van der Waals surface area contributed by atoms with Crippen LogP contribution in [0.15, 0.2) is 42.6 Å². The third kappa shape index (κ3) is 3.96. The average molecular weight is 219 g/mol. The molecule has 0 bridgehead atoms. The van der Waals surface area contributed by atoms with Gasteiger partial charge >= 0.3 is 6.09 Å². The number of ether oxygens (including phenoxy) is 1. The SMILES string of the molecule is C=C(NC(=O)OCc1ccccc1)C(C)=O. The Bertz CT molecular complexity index is 398. The van der Waals surface area contributed by atoms with Gasteiger partial charge in [-0.2, -0.15) is 0 Å². The molecule has 0 unspecified atom stereocenters. The van der Waals surface area contributed by atoms with Crippen molar-refractivity contribution in [2.24, 2.45) is 0 Å². The molecule has 4 heteroatoms. The lowest BCUT2D eigenvalue weighted by molar-refractivity contribution is -0.113. The predicted molar refractivity (Wildman–Crippen MR) is 59.6 cm³/mol. The molecule has 0 saturated heterocycles. The Balaban J connectivity index is 2.36. The van der Waals surface area contributed by atoms with Crippen LogP contribution in [-0.2, 0) is 16.1 Å². The maximum atomic E-state index is 11.2. The topological polar surface area (TPSA) is 55.4 Å². The van der Waals surface area contributed by atoms with E-state index in [-0.39, 0.29) is 18.1 Å². The van der Waals surface area contributed by atoms with Crippen LogP contribution in [0, 0.1) is 0 Å². The second-order valence-corrected chi connectivity index (χ2v) is 3.22. The molecule has 1 aromatic rings. The first-order chi connectivity index (χ1) is 7.59. The van der Waals surface area contributed by atoms with Gasteiger partial charge in [0.2, 0.25) is 0 Å². The maximum absolute atomic E-state index is 11.2. The summed E-state index contributed by atoms with van der Waals surface area (Å²) in [6.45, 7) is 4.87. The van der Waals surface area contributed by atoms with Crippen molar-refractivity contribution in [3.8, 4) is 0 Å². The van der Waals surface area contributed by atoms with E-state index in [9.17, 15) is 9.59 Å². The third-order valence-corrected chi connectivity index (χ3v) is 1.89.